The number of rotatable bonds is 4. The number of oxazole rings is 1. The number of hydrogen-bond donors (Lipinski definition) is 1. The van der Waals surface area contributed by atoms with Gasteiger partial charge in [-0.25, -0.2) is 18.1 Å². The molecule has 0 spiro atoms. The molecule has 1 aliphatic heterocycles. The van der Waals surface area contributed by atoms with Gasteiger partial charge in [-0.05, 0) is 24.7 Å². The van der Waals surface area contributed by atoms with E-state index >= 15 is 0 Å². The van der Waals surface area contributed by atoms with Gasteiger partial charge in [0.2, 0.25) is 0 Å². The molecule has 0 amide bonds. The third kappa shape index (κ3) is 3.26. The minimum Gasteiger partial charge on any atom is -0.469 e. The van der Waals surface area contributed by atoms with Gasteiger partial charge >= 0.3 is 5.97 Å². The van der Waals surface area contributed by atoms with Crippen LogP contribution in [0.4, 0.5) is 0 Å². The Labute approximate surface area is 134 Å². The lowest BCUT2D eigenvalue weighted by Crippen LogP contribution is -2.55. The van der Waals surface area contributed by atoms with Crippen LogP contribution < -0.4 is 4.72 Å². The van der Waals surface area contributed by atoms with Crippen LogP contribution >= 0.6 is 0 Å². The topological polar surface area (TPSA) is 108 Å². The Kier molecular flexibility index (Phi) is 4.43. The van der Waals surface area contributed by atoms with Crippen molar-refractivity contribution in [1.29, 1.82) is 0 Å². The predicted molar refractivity (Wildman–Crippen MR) is 77.9 cm³/mol. The van der Waals surface area contributed by atoms with Crippen molar-refractivity contribution in [2.45, 2.75) is 30.9 Å². The summed E-state index contributed by atoms with van der Waals surface area (Å²) in [4.78, 5) is 15.6. The number of hydrogen-bond acceptors (Lipinski definition) is 7. The van der Waals surface area contributed by atoms with Crippen LogP contribution in [0.1, 0.15) is 18.7 Å². The van der Waals surface area contributed by atoms with E-state index in [2.05, 4.69) is 9.71 Å². The summed E-state index contributed by atoms with van der Waals surface area (Å²) in [7, 11) is -2.40. The fourth-order valence-electron chi connectivity index (χ4n) is 3.47. The van der Waals surface area contributed by atoms with E-state index in [0.29, 0.717) is 31.9 Å². The number of ether oxygens (including phenoxy) is 2. The molecule has 3 rings (SSSR count). The number of methoxy groups -OCH3 is 1. The summed E-state index contributed by atoms with van der Waals surface area (Å²) in [5, 5.41) is -0.191. The summed E-state index contributed by atoms with van der Waals surface area (Å²) in [6.07, 6.45) is 2.29. The van der Waals surface area contributed by atoms with Crippen molar-refractivity contribution >= 4 is 16.0 Å². The van der Waals surface area contributed by atoms with E-state index in [1.54, 1.807) is 6.92 Å². The maximum absolute atomic E-state index is 12.4. The summed E-state index contributed by atoms with van der Waals surface area (Å²) in [5.74, 6) is -0.277. The van der Waals surface area contributed by atoms with Crippen LogP contribution in [-0.4, -0.2) is 45.7 Å². The predicted octanol–water partition coefficient (Wildman–Crippen LogP) is 0.476. The fourth-order valence-corrected chi connectivity index (χ4v) is 4.76. The molecule has 0 aromatic carbocycles. The van der Waals surface area contributed by atoms with Gasteiger partial charge in [-0.2, -0.15) is 0 Å². The molecule has 1 N–H and O–H groups in total. The van der Waals surface area contributed by atoms with Gasteiger partial charge in [-0.1, -0.05) is 0 Å². The molecule has 1 saturated carbocycles. The molecule has 1 saturated heterocycles. The molecule has 8 nitrogen and oxygen atoms in total. The lowest BCUT2D eigenvalue weighted by Gasteiger charge is -2.44. The molecule has 2 bridgehead atoms. The van der Waals surface area contributed by atoms with Gasteiger partial charge in [-0.3, -0.25) is 4.79 Å². The van der Waals surface area contributed by atoms with E-state index in [0.717, 1.165) is 0 Å². The van der Waals surface area contributed by atoms with Crippen molar-refractivity contribution in [3.63, 3.8) is 0 Å². The van der Waals surface area contributed by atoms with Crippen LogP contribution in [0, 0.1) is 24.7 Å². The highest BCUT2D eigenvalue weighted by molar-refractivity contribution is 7.89. The maximum Gasteiger partial charge on any atom is 0.308 e. The van der Waals surface area contributed by atoms with Crippen LogP contribution in [0.2, 0.25) is 0 Å². The molecule has 2 unspecified atom stereocenters. The highest BCUT2D eigenvalue weighted by atomic mass is 32.2. The third-order valence-corrected chi connectivity index (χ3v) is 5.85. The van der Waals surface area contributed by atoms with Crippen LogP contribution in [0.5, 0.6) is 0 Å². The Balaban J connectivity index is 1.77. The smallest absolute Gasteiger partial charge is 0.308 e. The van der Waals surface area contributed by atoms with Crippen molar-refractivity contribution < 1.29 is 27.1 Å². The van der Waals surface area contributed by atoms with E-state index in [1.165, 1.54) is 13.3 Å². The first kappa shape index (κ1) is 16.4. The monoisotopic (exact) mass is 344 g/mol. The Morgan fingerprint density at radius 3 is 2.52 bits per heavy atom. The average molecular weight is 344 g/mol. The summed E-state index contributed by atoms with van der Waals surface area (Å²) in [6, 6.07) is -0.278. The molecule has 9 heteroatoms. The summed E-state index contributed by atoms with van der Waals surface area (Å²) in [6.45, 7) is 2.43. The number of carbonyl (C=O) groups excluding carboxylic acids is 1. The van der Waals surface area contributed by atoms with E-state index in [1.807, 2.05) is 0 Å². The largest absolute Gasteiger partial charge is 0.469 e. The van der Waals surface area contributed by atoms with Crippen molar-refractivity contribution in [2.75, 3.05) is 20.3 Å². The number of sulfonamides is 1. The first-order valence-electron chi connectivity index (χ1n) is 7.51. The second-order valence-electron chi connectivity index (χ2n) is 6.09. The minimum absolute atomic E-state index is 0.0645. The van der Waals surface area contributed by atoms with Crippen molar-refractivity contribution in [3.05, 3.63) is 12.1 Å². The fraction of sp³-hybridized carbons (Fsp3) is 0.714. The number of aryl methyl sites for hydroxylation is 1. The highest BCUT2D eigenvalue weighted by Crippen LogP contribution is 2.38. The molecule has 1 aromatic rings. The Hall–Kier alpha value is -1.45. The molecule has 0 radical (unpaired) electrons. The number of aromatic nitrogens is 1. The second kappa shape index (κ2) is 6.21. The lowest BCUT2D eigenvalue weighted by atomic mass is 9.71. The van der Waals surface area contributed by atoms with E-state index in [9.17, 15) is 13.2 Å². The van der Waals surface area contributed by atoms with Gasteiger partial charge in [0.15, 0.2) is 5.89 Å². The van der Waals surface area contributed by atoms with E-state index in [4.69, 9.17) is 13.9 Å². The highest BCUT2D eigenvalue weighted by Gasteiger charge is 2.45. The lowest BCUT2D eigenvalue weighted by molar-refractivity contribution is -0.151. The molecule has 2 aliphatic rings. The van der Waals surface area contributed by atoms with Gasteiger partial charge in [0.25, 0.3) is 15.1 Å². The quantitative estimate of drug-likeness (QED) is 0.791. The molecule has 1 aliphatic carbocycles. The van der Waals surface area contributed by atoms with Crippen molar-refractivity contribution in [3.8, 4) is 0 Å². The Morgan fingerprint density at radius 2 is 2.00 bits per heavy atom. The Morgan fingerprint density at radius 1 is 1.35 bits per heavy atom. The number of fused-ring (bicyclic) bond motifs is 2. The minimum atomic E-state index is -3.78. The third-order valence-electron chi connectivity index (χ3n) is 4.54. The summed E-state index contributed by atoms with van der Waals surface area (Å²) < 4.78 is 43.1. The van der Waals surface area contributed by atoms with Gasteiger partial charge in [-0.15, -0.1) is 0 Å². The average Bonchev–Trinajstić information content (AvgIpc) is 2.93. The molecule has 2 fully saturated rings. The normalized spacial score (nSPS) is 30.9. The SMILES string of the molecule is COC(=O)C1CC2COCC(C1)C2NS(=O)(=O)c1cnc(C)o1. The zero-order chi connectivity index (χ0) is 16.6. The van der Waals surface area contributed by atoms with Crippen LogP contribution in [-0.2, 0) is 24.3 Å². The van der Waals surface area contributed by atoms with Gasteiger partial charge < -0.3 is 13.9 Å². The van der Waals surface area contributed by atoms with E-state index < -0.39 is 10.0 Å². The molecule has 2 heterocycles. The van der Waals surface area contributed by atoms with Gasteiger partial charge in [0.1, 0.15) is 0 Å². The summed E-state index contributed by atoms with van der Waals surface area (Å²) >= 11 is 0. The zero-order valence-electron chi connectivity index (χ0n) is 13.0. The first-order valence-corrected chi connectivity index (χ1v) is 8.99. The first-order chi connectivity index (χ1) is 10.9. The number of esters is 1. The molecular weight excluding hydrogens is 324 g/mol. The van der Waals surface area contributed by atoms with Crippen molar-refractivity contribution in [2.24, 2.45) is 17.8 Å². The van der Waals surface area contributed by atoms with E-state index in [-0.39, 0.29) is 34.9 Å². The van der Waals surface area contributed by atoms with Crippen LogP contribution in [0.15, 0.2) is 15.7 Å². The zero-order valence-corrected chi connectivity index (χ0v) is 13.8. The molecule has 128 valence electrons. The van der Waals surface area contributed by atoms with Crippen LogP contribution in [0.3, 0.4) is 0 Å². The Bertz CT molecular complexity index is 671. The second-order valence-corrected chi connectivity index (χ2v) is 7.74. The molecule has 23 heavy (non-hydrogen) atoms. The standard InChI is InChI=1S/C14H20N2O6S/c1-8-15-5-12(22-8)23(18,19)16-13-10-3-9(14(17)20-2)4-11(13)7-21-6-10/h5,9-11,13,16H,3-4,6-7H2,1-2H3. The maximum atomic E-state index is 12.4. The van der Waals surface area contributed by atoms with Crippen molar-refractivity contribution in [1.82, 2.24) is 9.71 Å². The number of nitrogens with zero attached hydrogens (tertiary/aromatic N) is 1. The summed E-state index contributed by atoms with van der Waals surface area (Å²) in [5.41, 5.74) is 0. The molecule has 2 atom stereocenters. The molecule has 1 aromatic heterocycles. The van der Waals surface area contributed by atoms with Gasteiger partial charge in [0.05, 0.1) is 32.4 Å². The van der Waals surface area contributed by atoms with Crippen LogP contribution in [0.25, 0.3) is 0 Å². The molecular formula is C14H20N2O6S. The van der Waals surface area contributed by atoms with Gasteiger partial charge in [0, 0.05) is 13.0 Å². The number of carbonyl (C=O) groups is 1. The number of nitrogens with one attached hydrogen (secondary N) is 1.